The van der Waals surface area contributed by atoms with Crippen molar-refractivity contribution in [2.45, 2.75) is 53.1 Å². The quantitative estimate of drug-likeness (QED) is 0.133. The van der Waals surface area contributed by atoms with Crippen molar-refractivity contribution in [3.05, 3.63) is 76.6 Å². The number of esters is 2. The van der Waals surface area contributed by atoms with Gasteiger partial charge < -0.3 is 28.4 Å². The first kappa shape index (κ1) is 32.9. The monoisotopic (exact) mass is 593 g/mol. The molecule has 0 amide bonds. The zero-order chi connectivity index (χ0) is 31.7. The molecule has 230 valence electrons. The number of ketones is 1. The van der Waals surface area contributed by atoms with Gasteiger partial charge >= 0.3 is 11.9 Å². The molecule has 3 aromatic rings. The third kappa shape index (κ3) is 8.24. The summed E-state index contributed by atoms with van der Waals surface area (Å²) in [7, 11) is 4.62. The molecule has 0 bridgehead atoms. The van der Waals surface area contributed by atoms with Gasteiger partial charge in [0.1, 0.15) is 17.6 Å². The summed E-state index contributed by atoms with van der Waals surface area (Å²) >= 11 is 0. The topological polar surface area (TPSA) is 119 Å². The predicted octanol–water partition coefficient (Wildman–Crippen LogP) is 5.60. The maximum atomic E-state index is 13.4. The van der Waals surface area contributed by atoms with Gasteiger partial charge in [-0.1, -0.05) is 19.1 Å². The molecule has 10 heteroatoms. The zero-order valence-electron chi connectivity index (χ0n) is 25.9. The van der Waals surface area contributed by atoms with Crippen molar-refractivity contribution in [1.82, 2.24) is 4.98 Å². The lowest BCUT2D eigenvalue weighted by atomic mass is 9.82. The molecule has 0 spiro atoms. The summed E-state index contributed by atoms with van der Waals surface area (Å²) in [5, 5.41) is 0. The Hall–Kier alpha value is -4.60. The van der Waals surface area contributed by atoms with Crippen LogP contribution >= 0.6 is 0 Å². The molecule has 2 atom stereocenters. The first-order chi connectivity index (χ1) is 20.5. The Morgan fingerprint density at radius 3 is 1.93 bits per heavy atom. The summed E-state index contributed by atoms with van der Waals surface area (Å²) in [4.78, 5) is 42.0. The van der Waals surface area contributed by atoms with Gasteiger partial charge in [0.2, 0.25) is 6.79 Å². The second-order valence-corrected chi connectivity index (χ2v) is 10.2. The minimum Gasteiger partial charge on any atom is -0.497 e. The van der Waals surface area contributed by atoms with Gasteiger partial charge in [-0.25, -0.2) is 4.98 Å². The number of nitrogens with zero attached hydrogens (tertiary/aromatic N) is 1. The molecule has 0 N–H and O–H groups in total. The van der Waals surface area contributed by atoms with E-state index < -0.39 is 36.5 Å². The van der Waals surface area contributed by atoms with Crippen molar-refractivity contribution in [1.29, 1.82) is 0 Å². The van der Waals surface area contributed by atoms with Crippen LogP contribution in [-0.2, 0) is 19.1 Å². The van der Waals surface area contributed by atoms with Crippen LogP contribution in [0.15, 0.2) is 48.7 Å². The molecule has 10 nitrogen and oxygen atoms in total. The summed E-state index contributed by atoms with van der Waals surface area (Å²) < 4.78 is 32.7. The normalized spacial score (nSPS) is 12.2. The van der Waals surface area contributed by atoms with Crippen LogP contribution in [0.3, 0.4) is 0 Å². The van der Waals surface area contributed by atoms with Crippen LogP contribution in [0.2, 0.25) is 0 Å². The number of carbonyl (C=O) groups is 3. The van der Waals surface area contributed by atoms with Crippen LogP contribution in [-0.4, -0.2) is 56.9 Å². The van der Waals surface area contributed by atoms with Crippen LogP contribution in [0.4, 0.5) is 0 Å². The fraction of sp³-hybridized carbons (Fsp3) is 0.394. The molecule has 1 aromatic heterocycles. The van der Waals surface area contributed by atoms with Gasteiger partial charge in [-0.2, -0.15) is 0 Å². The van der Waals surface area contributed by atoms with E-state index in [0.717, 1.165) is 22.3 Å². The van der Waals surface area contributed by atoms with Gasteiger partial charge in [0, 0.05) is 31.5 Å². The number of methoxy groups -OCH3 is 3. The molecule has 0 saturated heterocycles. The smallest absolute Gasteiger partial charge is 0.309 e. The maximum absolute atomic E-state index is 13.4. The van der Waals surface area contributed by atoms with E-state index in [1.807, 2.05) is 57.2 Å². The molecule has 2 aromatic carbocycles. The summed E-state index contributed by atoms with van der Waals surface area (Å²) in [6.07, 6.45) is 0.587. The molecule has 0 radical (unpaired) electrons. The fourth-order valence-corrected chi connectivity index (χ4v) is 4.76. The Balaban J connectivity index is 1.87. The van der Waals surface area contributed by atoms with Crippen molar-refractivity contribution < 1.29 is 42.8 Å². The molecule has 0 fully saturated rings. The van der Waals surface area contributed by atoms with Crippen molar-refractivity contribution in [3.8, 4) is 23.0 Å². The number of rotatable bonds is 14. The average Bonchev–Trinajstić information content (AvgIpc) is 2.98. The van der Waals surface area contributed by atoms with Crippen molar-refractivity contribution in [2.75, 3.05) is 28.1 Å². The standard InChI is InChI=1S/C33H39NO9/c1-19-9-11-24(38-6)16-26(19)30(27-17-25(39-7)12-10-20(27)2)22(4)43-33(37)21(3)15-28(36)31-32(42-18-41-23(5)35)29(40-8)13-14-34-31/h9-14,16-17,21-22,30H,15,18H2,1-8H3/t21-,22+/m1/s1. The highest BCUT2D eigenvalue weighted by atomic mass is 16.7. The van der Waals surface area contributed by atoms with Crippen molar-refractivity contribution in [2.24, 2.45) is 5.92 Å². The molecule has 0 unspecified atom stereocenters. The van der Waals surface area contributed by atoms with E-state index in [2.05, 4.69) is 4.98 Å². The molecule has 0 aliphatic rings. The third-order valence-electron chi connectivity index (χ3n) is 7.13. The van der Waals surface area contributed by atoms with Gasteiger partial charge in [0.05, 0.1) is 27.2 Å². The summed E-state index contributed by atoms with van der Waals surface area (Å²) in [6, 6.07) is 13.1. The first-order valence-corrected chi connectivity index (χ1v) is 13.8. The number of hydrogen-bond acceptors (Lipinski definition) is 10. The van der Waals surface area contributed by atoms with E-state index >= 15 is 0 Å². The lowest BCUT2D eigenvalue weighted by Gasteiger charge is -2.29. The highest BCUT2D eigenvalue weighted by Crippen LogP contribution is 2.38. The van der Waals surface area contributed by atoms with Gasteiger partial charge in [-0.3, -0.25) is 14.4 Å². The minimum absolute atomic E-state index is 0.0206. The summed E-state index contributed by atoms with van der Waals surface area (Å²) in [5.74, 6) is -1.09. The number of benzene rings is 2. The van der Waals surface area contributed by atoms with E-state index in [4.69, 9.17) is 28.4 Å². The Kier molecular flexibility index (Phi) is 11.5. The predicted molar refractivity (Wildman–Crippen MR) is 159 cm³/mol. The Morgan fingerprint density at radius 2 is 1.42 bits per heavy atom. The van der Waals surface area contributed by atoms with E-state index in [1.165, 1.54) is 26.3 Å². The third-order valence-corrected chi connectivity index (χ3v) is 7.13. The van der Waals surface area contributed by atoms with Gasteiger partial charge in [0.25, 0.3) is 0 Å². The molecular weight excluding hydrogens is 554 g/mol. The number of ether oxygens (including phenoxy) is 6. The second kappa shape index (κ2) is 15.0. The van der Waals surface area contributed by atoms with Gasteiger partial charge in [0.15, 0.2) is 23.0 Å². The lowest BCUT2D eigenvalue weighted by Crippen LogP contribution is -2.28. The van der Waals surface area contributed by atoms with Crippen LogP contribution < -0.4 is 18.9 Å². The number of aryl methyl sites for hydroxylation is 2. The second-order valence-electron chi connectivity index (χ2n) is 10.2. The van der Waals surface area contributed by atoms with Crippen LogP contribution in [0.1, 0.15) is 65.9 Å². The molecule has 0 aliphatic carbocycles. The molecular formula is C33H39NO9. The highest BCUT2D eigenvalue weighted by molar-refractivity contribution is 5.99. The Bertz CT molecular complexity index is 1400. The molecule has 3 rings (SSSR count). The van der Waals surface area contributed by atoms with E-state index in [-0.39, 0.29) is 29.5 Å². The number of Topliss-reactive ketones (excluding diaryl/α,β-unsaturated/α-hetero) is 1. The molecule has 0 aliphatic heterocycles. The largest absolute Gasteiger partial charge is 0.497 e. The van der Waals surface area contributed by atoms with Crippen LogP contribution in [0, 0.1) is 19.8 Å². The fourth-order valence-electron chi connectivity index (χ4n) is 4.76. The number of carbonyl (C=O) groups excluding carboxylic acids is 3. The molecule has 1 heterocycles. The van der Waals surface area contributed by atoms with Crippen LogP contribution in [0.5, 0.6) is 23.0 Å². The number of hydrogen-bond donors (Lipinski definition) is 0. The van der Waals surface area contributed by atoms with Gasteiger partial charge in [-0.15, -0.1) is 0 Å². The van der Waals surface area contributed by atoms with Gasteiger partial charge in [-0.05, 0) is 67.3 Å². The molecule has 43 heavy (non-hydrogen) atoms. The highest BCUT2D eigenvalue weighted by Gasteiger charge is 2.31. The Labute approximate surface area is 252 Å². The Morgan fingerprint density at radius 1 is 0.837 bits per heavy atom. The van der Waals surface area contributed by atoms with E-state index in [1.54, 1.807) is 21.1 Å². The minimum atomic E-state index is -0.803. The van der Waals surface area contributed by atoms with Crippen molar-refractivity contribution >= 4 is 17.7 Å². The summed E-state index contributed by atoms with van der Waals surface area (Å²) in [6.45, 7) is 8.25. The summed E-state index contributed by atoms with van der Waals surface area (Å²) in [5.41, 5.74) is 3.84. The maximum Gasteiger partial charge on any atom is 0.309 e. The van der Waals surface area contributed by atoms with Crippen LogP contribution in [0.25, 0.3) is 0 Å². The van der Waals surface area contributed by atoms with E-state index in [9.17, 15) is 14.4 Å². The van der Waals surface area contributed by atoms with E-state index in [0.29, 0.717) is 11.5 Å². The first-order valence-electron chi connectivity index (χ1n) is 13.8. The molecule has 0 saturated carbocycles. The SMILES string of the molecule is COc1ccc(C)c(C(c2cc(OC)ccc2C)[C@H](C)OC(=O)[C@H](C)CC(=O)c2nccc(OC)c2OCOC(C)=O)c1. The zero-order valence-corrected chi connectivity index (χ0v) is 25.9. The number of pyridine rings is 1. The van der Waals surface area contributed by atoms with Crippen molar-refractivity contribution in [3.63, 3.8) is 0 Å². The number of aromatic nitrogens is 1. The lowest BCUT2D eigenvalue weighted by molar-refractivity contribution is -0.153. The average molecular weight is 594 g/mol.